The van der Waals surface area contributed by atoms with E-state index in [-0.39, 0.29) is 6.07 Å². The number of hydrogen-bond acceptors (Lipinski definition) is 2. The summed E-state index contributed by atoms with van der Waals surface area (Å²) in [6.45, 7) is 4.42. The molecule has 2 unspecified atom stereocenters. The summed E-state index contributed by atoms with van der Waals surface area (Å²) in [4.78, 5) is 0. The highest BCUT2D eigenvalue weighted by Gasteiger charge is 2.32. The molecule has 0 amide bonds. The standard InChI is InChI=1S/C14H16F6N2/c1-5(2)9(12(21)14(19)20)6(3)22-13-10(17)7(15)4-8(16)11(13)18/h4-6,9,14,21-22H,1-3H3. The maximum Gasteiger partial charge on any atom is 0.276 e. The van der Waals surface area contributed by atoms with Crippen LogP contribution in [-0.2, 0) is 0 Å². The Morgan fingerprint density at radius 2 is 1.45 bits per heavy atom. The van der Waals surface area contributed by atoms with E-state index in [0.717, 1.165) is 0 Å². The monoisotopic (exact) mass is 326 g/mol. The summed E-state index contributed by atoms with van der Waals surface area (Å²) in [7, 11) is 0. The van der Waals surface area contributed by atoms with Crippen LogP contribution >= 0.6 is 0 Å². The Kier molecular flexibility index (Phi) is 5.85. The van der Waals surface area contributed by atoms with E-state index in [4.69, 9.17) is 5.41 Å². The second kappa shape index (κ2) is 7.02. The van der Waals surface area contributed by atoms with Crippen LogP contribution in [0.15, 0.2) is 6.07 Å². The minimum Gasteiger partial charge on any atom is -0.377 e. The van der Waals surface area contributed by atoms with Crippen LogP contribution in [0.5, 0.6) is 0 Å². The van der Waals surface area contributed by atoms with Crippen LogP contribution in [0.25, 0.3) is 0 Å². The van der Waals surface area contributed by atoms with Gasteiger partial charge in [-0.25, -0.2) is 26.3 Å². The van der Waals surface area contributed by atoms with Gasteiger partial charge in [0.05, 0.1) is 5.71 Å². The first-order valence-corrected chi connectivity index (χ1v) is 6.53. The summed E-state index contributed by atoms with van der Waals surface area (Å²) in [6, 6.07) is -0.978. The third kappa shape index (κ3) is 3.72. The first kappa shape index (κ1) is 18.3. The van der Waals surface area contributed by atoms with Crippen LogP contribution < -0.4 is 5.32 Å². The van der Waals surface area contributed by atoms with Crippen LogP contribution in [0.3, 0.4) is 0 Å². The number of nitrogens with one attached hydrogen (secondary N) is 2. The normalized spacial score (nSPS) is 14.3. The van der Waals surface area contributed by atoms with E-state index in [0.29, 0.717) is 0 Å². The molecule has 0 aliphatic carbocycles. The lowest BCUT2D eigenvalue weighted by molar-refractivity contribution is 0.210. The lowest BCUT2D eigenvalue weighted by atomic mass is 9.85. The zero-order chi connectivity index (χ0) is 17.2. The summed E-state index contributed by atoms with van der Waals surface area (Å²) in [6.07, 6.45) is -3.03. The van der Waals surface area contributed by atoms with Crippen LogP contribution in [0, 0.1) is 40.5 Å². The molecule has 0 saturated carbocycles. The van der Waals surface area contributed by atoms with Crippen molar-refractivity contribution in [2.45, 2.75) is 33.2 Å². The van der Waals surface area contributed by atoms with Gasteiger partial charge in [0.1, 0.15) is 5.69 Å². The highest BCUT2D eigenvalue weighted by molar-refractivity contribution is 5.87. The highest BCUT2D eigenvalue weighted by Crippen LogP contribution is 2.28. The Bertz CT molecular complexity index is 533. The van der Waals surface area contributed by atoms with Gasteiger partial charge in [-0.3, -0.25) is 0 Å². The van der Waals surface area contributed by atoms with Crippen molar-refractivity contribution < 1.29 is 26.3 Å². The third-order valence-corrected chi connectivity index (χ3v) is 3.33. The number of benzene rings is 1. The molecule has 0 spiro atoms. The molecule has 2 atom stereocenters. The van der Waals surface area contributed by atoms with Crippen LogP contribution in [0.2, 0.25) is 0 Å². The Morgan fingerprint density at radius 1 is 1.00 bits per heavy atom. The van der Waals surface area contributed by atoms with Crippen molar-refractivity contribution in [2.24, 2.45) is 11.8 Å². The fourth-order valence-corrected chi connectivity index (χ4v) is 2.37. The van der Waals surface area contributed by atoms with Crippen LogP contribution in [-0.4, -0.2) is 18.2 Å². The smallest absolute Gasteiger partial charge is 0.276 e. The largest absolute Gasteiger partial charge is 0.377 e. The predicted molar refractivity (Wildman–Crippen MR) is 71.4 cm³/mol. The maximum absolute atomic E-state index is 13.6. The number of anilines is 1. The van der Waals surface area contributed by atoms with Gasteiger partial charge in [-0.1, -0.05) is 13.8 Å². The molecule has 0 aliphatic heterocycles. The topological polar surface area (TPSA) is 35.9 Å². The van der Waals surface area contributed by atoms with Gasteiger partial charge in [-0.15, -0.1) is 0 Å². The molecule has 124 valence electrons. The van der Waals surface area contributed by atoms with Crippen LogP contribution in [0.4, 0.5) is 32.0 Å². The lowest BCUT2D eigenvalue weighted by Crippen LogP contribution is -2.39. The van der Waals surface area contributed by atoms with Gasteiger partial charge in [0.15, 0.2) is 23.3 Å². The zero-order valence-electron chi connectivity index (χ0n) is 12.2. The van der Waals surface area contributed by atoms with Crippen molar-refractivity contribution in [3.05, 3.63) is 29.3 Å². The molecule has 0 aromatic heterocycles. The number of hydrogen-bond donors (Lipinski definition) is 2. The minimum atomic E-state index is -3.03. The fourth-order valence-electron chi connectivity index (χ4n) is 2.37. The summed E-state index contributed by atoms with van der Waals surface area (Å²) < 4.78 is 78.8. The molecule has 1 rings (SSSR count). The van der Waals surface area contributed by atoms with E-state index >= 15 is 0 Å². The molecule has 0 bridgehead atoms. The molecule has 2 nitrogen and oxygen atoms in total. The fraction of sp³-hybridized carbons (Fsp3) is 0.500. The highest BCUT2D eigenvalue weighted by atomic mass is 19.3. The van der Waals surface area contributed by atoms with Crippen molar-refractivity contribution in [3.63, 3.8) is 0 Å². The average Bonchev–Trinajstić information content (AvgIpc) is 2.41. The van der Waals surface area contributed by atoms with E-state index in [1.54, 1.807) is 13.8 Å². The third-order valence-electron chi connectivity index (χ3n) is 3.33. The molecule has 1 aromatic rings. The van der Waals surface area contributed by atoms with Crippen LogP contribution in [0.1, 0.15) is 20.8 Å². The molecule has 0 saturated heterocycles. The average molecular weight is 326 g/mol. The van der Waals surface area contributed by atoms with E-state index in [1.807, 2.05) is 0 Å². The summed E-state index contributed by atoms with van der Waals surface area (Å²) in [5.74, 6) is -8.00. The molecular formula is C14H16F6N2. The van der Waals surface area contributed by atoms with Gasteiger partial charge in [0.25, 0.3) is 6.43 Å². The molecule has 0 fully saturated rings. The maximum atomic E-state index is 13.6. The lowest BCUT2D eigenvalue weighted by Gasteiger charge is -2.29. The van der Waals surface area contributed by atoms with Gasteiger partial charge in [0.2, 0.25) is 0 Å². The molecule has 0 aliphatic rings. The first-order chi connectivity index (χ1) is 10.1. The van der Waals surface area contributed by atoms with E-state index < -0.39 is 59.0 Å². The molecule has 22 heavy (non-hydrogen) atoms. The molecule has 0 radical (unpaired) electrons. The van der Waals surface area contributed by atoms with Crippen molar-refractivity contribution in [3.8, 4) is 0 Å². The first-order valence-electron chi connectivity index (χ1n) is 6.53. The minimum absolute atomic E-state index is 0.0572. The van der Waals surface area contributed by atoms with Crippen molar-refractivity contribution >= 4 is 11.4 Å². The molecule has 8 heteroatoms. The Morgan fingerprint density at radius 3 is 1.82 bits per heavy atom. The Balaban J connectivity index is 3.15. The van der Waals surface area contributed by atoms with Gasteiger partial charge < -0.3 is 10.7 Å². The Hall–Kier alpha value is -1.73. The van der Waals surface area contributed by atoms with Gasteiger partial charge in [0, 0.05) is 18.0 Å². The Labute approximate surface area is 124 Å². The SMILES string of the molecule is CC(C)C(C(=N)C(F)F)C(C)Nc1c(F)c(F)cc(F)c1F. The molecular weight excluding hydrogens is 310 g/mol. The van der Waals surface area contributed by atoms with E-state index in [1.165, 1.54) is 6.92 Å². The van der Waals surface area contributed by atoms with Gasteiger partial charge in [-0.2, -0.15) is 0 Å². The second-order valence-corrected chi connectivity index (χ2v) is 5.30. The number of halogens is 6. The van der Waals surface area contributed by atoms with Crippen molar-refractivity contribution in [2.75, 3.05) is 5.32 Å². The quantitative estimate of drug-likeness (QED) is 0.447. The zero-order valence-corrected chi connectivity index (χ0v) is 12.2. The van der Waals surface area contributed by atoms with Crippen molar-refractivity contribution in [1.29, 1.82) is 5.41 Å². The molecule has 2 N–H and O–H groups in total. The van der Waals surface area contributed by atoms with Crippen molar-refractivity contribution in [1.82, 2.24) is 0 Å². The van der Waals surface area contributed by atoms with E-state index in [9.17, 15) is 26.3 Å². The van der Waals surface area contributed by atoms with E-state index in [2.05, 4.69) is 5.32 Å². The molecule has 1 aromatic carbocycles. The summed E-state index contributed by atoms with van der Waals surface area (Å²) >= 11 is 0. The number of rotatable bonds is 6. The molecule has 0 heterocycles. The summed E-state index contributed by atoms with van der Waals surface area (Å²) in [5, 5.41) is 9.57. The second-order valence-electron chi connectivity index (χ2n) is 5.30. The van der Waals surface area contributed by atoms with Gasteiger partial charge >= 0.3 is 0 Å². The summed E-state index contributed by atoms with van der Waals surface area (Å²) in [5.41, 5.74) is -1.98. The number of alkyl halides is 2. The predicted octanol–water partition coefficient (Wildman–Crippen LogP) is 4.60. The van der Waals surface area contributed by atoms with Gasteiger partial charge in [-0.05, 0) is 12.8 Å².